The molecule has 0 saturated carbocycles. The smallest absolute Gasteiger partial charge is 0.416 e. The van der Waals surface area contributed by atoms with Gasteiger partial charge >= 0.3 is 18.3 Å². The summed E-state index contributed by atoms with van der Waals surface area (Å²) in [4.78, 5) is 14.8. The maximum absolute atomic E-state index is 13.5. The molecule has 0 aliphatic carbocycles. The topological polar surface area (TPSA) is 48.0 Å². The molecule has 42 heavy (non-hydrogen) atoms. The van der Waals surface area contributed by atoms with Crippen LogP contribution in [0.2, 0.25) is 0 Å². The number of carbonyl (C=O) groups is 1. The summed E-state index contributed by atoms with van der Waals surface area (Å²) in [7, 11) is 0. The van der Waals surface area contributed by atoms with E-state index in [1.54, 1.807) is 6.92 Å². The molecule has 2 fully saturated rings. The Kier molecular flexibility index (Phi) is 9.94. The minimum absolute atomic E-state index is 0.0394. The lowest BCUT2D eigenvalue weighted by molar-refractivity contribution is -0.210. The van der Waals surface area contributed by atoms with Crippen molar-refractivity contribution in [3.8, 4) is 0 Å². The molecule has 5 nitrogen and oxygen atoms in total. The number of alkyl halides is 6. The van der Waals surface area contributed by atoms with Gasteiger partial charge in [-0.25, -0.2) is 0 Å². The summed E-state index contributed by atoms with van der Waals surface area (Å²) in [6, 6.07) is 11.0. The quantitative estimate of drug-likeness (QED) is 0.230. The Morgan fingerprint density at radius 1 is 1.02 bits per heavy atom. The molecule has 2 saturated heterocycles. The van der Waals surface area contributed by atoms with E-state index in [1.807, 2.05) is 37.3 Å². The zero-order valence-electron chi connectivity index (χ0n) is 23.9. The highest BCUT2D eigenvalue weighted by Crippen LogP contribution is 2.42. The van der Waals surface area contributed by atoms with Crippen molar-refractivity contribution in [3.63, 3.8) is 0 Å². The molecule has 2 aromatic carbocycles. The van der Waals surface area contributed by atoms with Gasteiger partial charge in [-0.3, -0.25) is 4.79 Å². The summed E-state index contributed by atoms with van der Waals surface area (Å²) >= 11 is 0. The maximum Gasteiger partial charge on any atom is 0.416 e. The van der Waals surface area contributed by atoms with Gasteiger partial charge in [0.2, 0.25) is 0 Å². The molecular formula is C31H37F6NO4. The molecule has 0 bridgehead atoms. The Balaban J connectivity index is 1.55. The van der Waals surface area contributed by atoms with Crippen molar-refractivity contribution in [1.29, 1.82) is 0 Å². The molecule has 2 aromatic rings. The van der Waals surface area contributed by atoms with Crippen LogP contribution < -0.4 is 0 Å². The van der Waals surface area contributed by atoms with Crippen LogP contribution >= 0.6 is 0 Å². The van der Waals surface area contributed by atoms with E-state index in [0.29, 0.717) is 64.2 Å². The Labute approximate surface area is 242 Å². The lowest BCUT2D eigenvalue weighted by Crippen LogP contribution is -2.47. The van der Waals surface area contributed by atoms with Crippen LogP contribution in [0.25, 0.3) is 0 Å². The number of piperidine rings is 1. The van der Waals surface area contributed by atoms with Crippen LogP contribution in [-0.4, -0.2) is 50.0 Å². The fourth-order valence-electron chi connectivity index (χ4n) is 5.84. The number of halogens is 6. The number of likely N-dealkylation sites (tertiary alicyclic amines) is 1. The number of benzene rings is 2. The summed E-state index contributed by atoms with van der Waals surface area (Å²) in [5.74, 6) is -0.463. The van der Waals surface area contributed by atoms with Crippen LogP contribution in [0.15, 0.2) is 48.5 Å². The van der Waals surface area contributed by atoms with Gasteiger partial charge in [0.15, 0.2) is 6.29 Å². The molecule has 4 atom stereocenters. The minimum atomic E-state index is -4.95. The van der Waals surface area contributed by atoms with Crippen molar-refractivity contribution in [2.75, 3.05) is 32.8 Å². The van der Waals surface area contributed by atoms with Gasteiger partial charge in [0.05, 0.1) is 35.9 Å². The number of esters is 1. The van der Waals surface area contributed by atoms with E-state index in [9.17, 15) is 31.1 Å². The molecule has 0 aromatic heterocycles. The Morgan fingerprint density at radius 3 is 2.17 bits per heavy atom. The second kappa shape index (κ2) is 12.9. The lowest BCUT2D eigenvalue weighted by atomic mass is 9.78. The number of ether oxygens (including phenoxy) is 3. The first-order chi connectivity index (χ1) is 19.7. The summed E-state index contributed by atoms with van der Waals surface area (Å²) in [6.45, 7) is 7.87. The number of nitrogens with zero attached hydrogens (tertiary/aromatic N) is 1. The van der Waals surface area contributed by atoms with Crippen molar-refractivity contribution in [2.24, 2.45) is 11.3 Å². The molecule has 0 unspecified atom stereocenters. The molecule has 2 heterocycles. The van der Waals surface area contributed by atoms with E-state index in [1.165, 1.54) is 6.92 Å². The summed E-state index contributed by atoms with van der Waals surface area (Å²) in [5.41, 5.74) is -2.63. The largest absolute Gasteiger partial charge is 0.466 e. The fraction of sp³-hybridized carbons (Fsp3) is 0.581. The van der Waals surface area contributed by atoms with Gasteiger partial charge in [0.25, 0.3) is 0 Å². The van der Waals surface area contributed by atoms with Crippen LogP contribution in [0.1, 0.15) is 74.3 Å². The molecule has 4 rings (SSSR count). The first kappa shape index (κ1) is 32.3. The average Bonchev–Trinajstić information content (AvgIpc) is 2.94. The Morgan fingerprint density at radius 2 is 1.62 bits per heavy atom. The lowest BCUT2D eigenvalue weighted by Gasteiger charge is -2.43. The van der Waals surface area contributed by atoms with Crippen molar-refractivity contribution < 1.29 is 45.3 Å². The second-order valence-corrected chi connectivity index (χ2v) is 11.4. The van der Waals surface area contributed by atoms with Gasteiger partial charge in [-0.1, -0.05) is 30.3 Å². The van der Waals surface area contributed by atoms with Gasteiger partial charge in [-0.15, -0.1) is 0 Å². The SMILES string of the molecule is CCOC(=O)C1(C)CCN(C[C@@H]2CCO[C@H](O[C@H](C)c3cc(C(F)(F)F)cc(C(F)(F)F)c3)[C@H]2c2ccccc2)CC1. The second-order valence-electron chi connectivity index (χ2n) is 11.4. The first-order valence-corrected chi connectivity index (χ1v) is 14.2. The van der Waals surface area contributed by atoms with Crippen molar-refractivity contribution in [3.05, 3.63) is 70.8 Å². The van der Waals surface area contributed by atoms with E-state index in [-0.39, 0.29) is 29.4 Å². The van der Waals surface area contributed by atoms with Crippen LogP contribution in [0, 0.1) is 11.3 Å². The third kappa shape index (κ3) is 7.65. The third-order valence-corrected chi connectivity index (χ3v) is 8.39. The monoisotopic (exact) mass is 601 g/mol. The Bertz CT molecular complexity index is 1160. The van der Waals surface area contributed by atoms with Gasteiger partial charge in [0, 0.05) is 12.5 Å². The normalized spacial score (nSPS) is 24.3. The van der Waals surface area contributed by atoms with E-state index in [4.69, 9.17) is 14.2 Å². The predicted molar refractivity (Wildman–Crippen MR) is 143 cm³/mol. The summed E-state index contributed by atoms with van der Waals surface area (Å²) < 4.78 is 98.3. The highest BCUT2D eigenvalue weighted by atomic mass is 19.4. The van der Waals surface area contributed by atoms with Crippen molar-refractivity contribution in [2.45, 2.75) is 70.7 Å². The zero-order chi connectivity index (χ0) is 30.7. The fourth-order valence-corrected chi connectivity index (χ4v) is 5.84. The van der Waals surface area contributed by atoms with Crippen molar-refractivity contribution >= 4 is 5.97 Å². The van der Waals surface area contributed by atoms with Gasteiger partial charge < -0.3 is 19.1 Å². The molecule has 0 N–H and O–H groups in total. The van der Waals surface area contributed by atoms with Crippen molar-refractivity contribution in [1.82, 2.24) is 4.90 Å². The van der Waals surface area contributed by atoms with E-state index < -0.39 is 41.3 Å². The van der Waals surface area contributed by atoms with Crippen LogP contribution in [0.5, 0.6) is 0 Å². The summed E-state index contributed by atoms with van der Waals surface area (Å²) in [6.07, 6.45) is -9.90. The number of hydrogen-bond acceptors (Lipinski definition) is 5. The third-order valence-electron chi connectivity index (χ3n) is 8.39. The Hall–Kier alpha value is -2.63. The number of rotatable bonds is 8. The van der Waals surface area contributed by atoms with Crippen LogP contribution in [0.4, 0.5) is 26.3 Å². The standard InChI is InChI=1S/C31H37F6NO4/c1-4-40-28(39)29(3)11-13-38(14-12-29)19-22-10-15-41-27(26(22)21-8-6-5-7-9-21)42-20(2)23-16-24(30(32,33)34)18-25(17-23)31(35,36)37/h5-9,16-18,20,22,26-27H,4,10-15,19H2,1-3H3/t20-,22+,26+,27-/m1/s1. The van der Waals surface area contributed by atoms with Crippen LogP contribution in [-0.2, 0) is 31.4 Å². The minimum Gasteiger partial charge on any atom is -0.466 e. The molecule has 0 amide bonds. The van der Waals surface area contributed by atoms with Gasteiger partial charge in [-0.2, -0.15) is 26.3 Å². The van der Waals surface area contributed by atoms with E-state index in [0.717, 1.165) is 5.56 Å². The van der Waals surface area contributed by atoms with Gasteiger partial charge in [0.1, 0.15) is 0 Å². The molecule has 2 aliphatic rings. The molecule has 2 aliphatic heterocycles. The molecular weight excluding hydrogens is 564 g/mol. The first-order valence-electron chi connectivity index (χ1n) is 14.2. The predicted octanol–water partition coefficient (Wildman–Crippen LogP) is 7.61. The zero-order valence-corrected chi connectivity index (χ0v) is 23.9. The highest BCUT2D eigenvalue weighted by Gasteiger charge is 2.42. The number of hydrogen-bond donors (Lipinski definition) is 0. The molecule has 0 radical (unpaired) electrons. The highest BCUT2D eigenvalue weighted by molar-refractivity contribution is 5.76. The van der Waals surface area contributed by atoms with Crippen LogP contribution in [0.3, 0.4) is 0 Å². The molecule has 11 heteroatoms. The maximum atomic E-state index is 13.5. The average molecular weight is 602 g/mol. The summed E-state index contributed by atoms with van der Waals surface area (Å²) in [5, 5.41) is 0. The molecule has 232 valence electrons. The number of carbonyl (C=O) groups excluding carboxylic acids is 1. The van der Waals surface area contributed by atoms with E-state index >= 15 is 0 Å². The molecule has 0 spiro atoms. The van der Waals surface area contributed by atoms with Gasteiger partial charge in [-0.05, 0) is 88.4 Å². The van der Waals surface area contributed by atoms with E-state index in [2.05, 4.69) is 4.90 Å².